The van der Waals surface area contributed by atoms with Gasteiger partial charge in [0.1, 0.15) is 0 Å². The maximum atomic E-state index is 12.2. The molecule has 21 heavy (non-hydrogen) atoms. The van der Waals surface area contributed by atoms with Gasteiger partial charge in [-0.05, 0) is 48.4 Å². The molecule has 1 N–H and O–H groups in total. The highest BCUT2D eigenvalue weighted by molar-refractivity contribution is 7.13. The van der Waals surface area contributed by atoms with E-state index in [-0.39, 0.29) is 11.9 Å². The van der Waals surface area contributed by atoms with Crippen LogP contribution in [-0.4, -0.2) is 5.91 Å². The number of hydrogen-bond acceptors (Lipinski definition) is 2. The number of rotatable bonds is 3. The summed E-state index contributed by atoms with van der Waals surface area (Å²) in [6.07, 6.45) is 0. The van der Waals surface area contributed by atoms with Crippen molar-refractivity contribution in [1.29, 1.82) is 0 Å². The van der Waals surface area contributed by atoms with Crippen molar-refractivity contribution in [2.45, 2.75) is 19.9 Å². The number of nitrogens with one attached hydrogen (secondary N) is 1. The second kappa shape index (κ2) is 5.70. The first-order chi connectivity index (χ1) is 10.1. The van der Waals surface area contributed by atoms with Crippen molar-refractivity contribution in [3.63, 3.8) is 0 Å². The highest BCUT2D eigenvalue weighted by Crippen LogP contribution is 2.21. The zero-order chi connectivity index (χ0) is 14.8. The van der Waals surface area contributed by atoms with Gasteiger partial charge in [0, 0.05) is 4.88 Å². The third kappa shape index (κ3) is 2.98. The molecule has 0 aliphatic heterocycles. The van der Waals surface area contributed by atoms with Crippen molar-refractivity contribution in [3.8, 4) is 0 Å². The molecule has 3 rings (SSSR count). The molecule has 3 aromatic rings. The van der Waals surface area contributed by atoms with Crippen LogP contribution in [0.3, 0.4) is 0 Å². The smallest absolute Gasteiger partial charge is 0.261 e. The Labute approximate surface area is 128 Å². The molecule has 2 nitrogen and oxygen atoms in total. The van der Waals surface area contributed by atoms with Crippen molar-refractivity contribution >= 4 is 28.0 Å². The first kappa shape index (κ1) is 13.8. The number of carbonyl (C=O) groups excluding carboxylic acids is 1. The molecule has 0 saturated carbocycles. The van der Waals surface area contributed by atoms with E-state index >= 15 is 0 Å². The molecule has 0 saturated heterocycles. The van der Waals surface area contributed by atoms with Crippen LogP contribution >= 0.6 is 11.3 Å². The van der Waals surface area contributed by atoms with E-state index in [9.17, 15) is 4.79 Å². The standard InChI is InChI=1S/C18H17NOS/c1-12-7-10-17(21-12)18(20)19-13(2)15-9-8-14-5-3-4-6-16(14)11-15/h3-11,13H,1-2H3,(H,19,20)/t13-/m1/s1. The summed E-state index contributed by atoms with van der Waals surface area (Å²) in [5.74, 6) is -0.00578. The number of amides is 1. The fourth-order valence-corrected chi connectivity index (χ4v) is 3.16. The van der Waals surface area contributed by atoms with Gasteiger partial charge >= 0.3 is 0 Å². The zero-order valence-corrected chi connectivity index (χ0v) is 12.9. The Hall–Kier alpha value is -2.13. The van der Waals surface area contributed by atoms with Crippen LogP contribution in [0.25, 0.3) is 10.8 Å². The number of hydrogen-bond donors (Lipinski definition) is 1. The van der Waals surface area contributed by atoms with Crippen LogP contribution in [-0.2, 0) is 0 Å². The summed E-state index contributed by atoms with van der Waals surface area (Å²) in [6, 6.07) is 18.4. The topological polar surface area (TPSA) is 29.1 Å². The van der Waals surface area contributed by atoms with Crippen LogP contribution in [0.15, 0.2) is 54.6 Å². The van der Waals surface area contributed by atoms with Gasteiger partial charge < -0.3 is 5.32 Å². The first-order valence-corrected chi connectivity index (χ1v) is 7.81. The van der Waals surface area contributed by atoms with E-state index < -0.39 is 0 Å². The van der Waals surface area contributed by atoms with Gasteiger partial charge in [-0.1, -0.05) is 36.4 Å². The molecule has 1 aromatic heterocycles. The predicted molar refractivity (Wildman–Crippen MR) is 88.9 cm³/mol. The Kier molecular flexibility index (Phi) is 3.76. The average molecular weight is 295 g/mol. The minimum Gasteiger partial charge on any atom is -0.345 e. The molecular formula is C18H17NOS. The summed E-state index contributed by atoms with van der Waals surface area (Å²) in [5.41, 5.74) is 1.12. The van der Waals surface area contributed by atoms with Crippen molar-refractivity contribution in [1.82, 2.24) is 5.32 Å². The fourth-order valence-electron chi connectivity index (χ4n) is 2.38. The molecule has 0 unspecified atom stereocenters. The lowest BCUT2D eigenvalue weighted by Crippen LogP contribution is -2.25. The molecule has 106 valence electrons. The maximum Gasteiger partial charge on any atom is 0.261 e. The predicted octanol–water partition coefficient (Wildman–Crippen LogP) is 4.70. The Balaban J connectivity index is 1.80. The van der Waals surface area contributed by atoms with Crippen molar-refractivity contribution in [2.24, 2.45) is 0 Å². The monoisotopic (exact) mass is 295 g/mol. The average Bonchev–Trinajstić information content (AvgIpc) is 2.93. The van der Waals surface area contributed by atoms with Gasteiger partial charge in [0.05, 0.1) is 10.9 Å². The van der Waals surface area contributed by atoms with Crippen molar-refractivity contribution in [2.75, 3.05) is 0 Å². The van der Waals surface area contributed by atoms with Gasteiger partial charge in [-0.3, -0.25) is 4.79 Å². The molecule has 2 aromatic carbocycles. The Bertz CT molecular complexity index is 791. The van der Waals surface area contributed by atoms with Gasteiger partial charge in [-0.2, -0.15) is 0 Å². The van der Waals surface area contributed by atoms with E-state index in [0.29, 0.717) is 0 Å². The lowest BCUT2D eigenvalue weighted by molar-refractivity contribution is 0.0944. The summed E-state index contributed by atoms with van der Waals surface area (Å²) in [5, 5.41) is 5.48. The normalized spacial score (nSPS) is 12.3. The molecule has 0 aliphatic carbocycles. The Morgan fingerprint density at radius 2 is 1.81 bits per heavy atom. The molecule has 1 atom stereocenters. The molecule has 3 heteroatoms. The van der Waals surface area contributed by atoms with Gasteiger partial charge in [0.25, 0.3) is 5.91 Å². The highest BCUT2D eigenvalue weighted by Gasteiger charge is 2.13. The summed E-state index contributed by atoms with van der Waals surface area (Å²) in [7, 11) is 0. The van der Waals surface area contributed by atoms with Gasteiger partial charge in [0.15, 0.2) is 0 Å². The summed E-state index contributed by atoms with van der Waals surface area (Å²) >= 11 is 1.52. The lowest BCUT2D eigenvalue weighted by atomic mass is 10.0. The van der Waals surface area contributed by atoms with Crippen LogP contribution in [0, 0.1) is 6.92 Å². The lowest BCUT2D eigenvalue weighted by Gasteiger charge is -2.14. The minimum absolute atomic E-state index is 0.00578. The second-order valence-corrected chi connectivity index (χ2v) is 6.50. The van der Waals surface area contributed by atoms with Crippen LogP contribution in [0.1, 0.15) is 33.1 Å². The third-order valence-electron chi connectivity index (χ3n) is 3.59. The molecule has 0 radical (unpaired) electrons. The van der Waals surface area contributed by atoms with Crippen LogP contribution in [0.4, 0.5) is 0 Å². The van der Waals surface area contributed by atoms with Crippen LogP contribution in [0.2, 0.25) is 0 Å². The summed E-state index contributed by atoms with van der Waals surface area (Å²) in [6.45, 7) is 4.02. The van der Waals surface area contributed by atoms with E-state index in [4.69, 9.17) is 0 Å². The van der Waals surface area contributed by atoms with E-state index in [2.05, 4.69) is 35.6 Å². The highest BCUT2D eigenvalue weighted by atomic mass is 32.1. The SMILES string of the molecule is Cc1ccc(C(=O)N[C@H](C)c2ccc3ccccc3c2)s1. The van der Waals surface area contributed by atoms with E-state index in [1.54, 1.807) is 0 Å². The second-order valence-electron chi connectivity index (χ2n) is 5.21. The number of carbonyl (C=O) groups is 1. The molecular weight excluding hydrogens is 278 g/mol. The van der Waals surface area contributed by atoms with Crippen LogP contribution < -0.4 is 5.32 Å². The zero-order valence-electron chi connectivity index (χ0n) is 12.1. The summed E-state index contributed by atoms with van der Waals surface area (Å²) < 4.78 is 0. The molecule has 0 aliphatic rings. The third-order valence-corrected chi connectivity index (χ3v) is 4.58. The molecule has 0 spiro atoms. The Morgan fingerprint density at radius 1 is 1.05 bits per heavy atom. The van der Waals surface area contributed by atoms with Crippen LogP contribution in [0.5, 0.6) is 0 Å². The first-order valence-electron chi connectivity index (χ1n) is 6.99. The number of thiophene rings is 1. The fraction of sp³-hybridized carbons (Fsp3) is 0.167. The number of benzene rings is 2. The van der Waals surface area contributed by atoms with E-state index in [1.165, 1.54) is 22.1 Å². The largest absolute Gasteiger partial charge is 0.345 e. The quantitative estimate of drug-likeness (QED) is 0.745. The van der Waals surface area contributed by atoms with Gasteiger partial charge in [0.2, 0.25) is 0 Å². The maximum absolute atomic E-state index is 12.2. The van der Waals surface area contributed by atoms with E-state index in [0.717, 1.165) is 15.3 Å². The van der Waals surface area contributed by atoms with Gasteiger partial charge in [-0.15, -0.1) is 11.3 Å². The van der Waals surface area contributed by atoms with Crippen molar-refractivity contribution in [3.05, 3.63) is 69.9 Å². The molecule has 1 amide bonds. The van der Waals surface area contributed by atoms with Crippen molar-refractivity contribution < 1.29 is 4.79 Å². The summed E-state index contributed by atoms with van der Waals surface area (Å²) in [4.78, 5) is 14.1. The van der Waals surface area contributed by atoms with Gasteiger partial charge in [-0.25, -0.2) is 0 Å². The molecule has 1 heterocycles. The van der Waals surface area contributed by atoms with E-state index in [1.807, 2.05) is 38.1 Å². The minimum atomic E-state index is -0.00971. The Morgan fingerprint density at radius 3 is 2.52 bits per heavy atom. The molecule has 0 fully saturated rings. The number of fused-ring (bicyclic) bond motifs is 1. The molecule has 0 bridgehead atoms. The number of aryl methyl sites for hydroxylation is 1.